The van der Waals surface area contributed by atoms with Crippen LogP contribution in [0.15, 0.2) is 12.1 Å². The molecule has 1 aromatic rings. The summed E-state index contributed by atoms with van der Waals surface area (Å²) in [6, 6.07) is 3.03. The Balaban J connectivity index is 2.28. The molecule has 200 valence electrons. The lowest BCUT2D eigenvalue weighted by Crippen LogP contribution is -2.63. The topological polar surface area (TPSA) is 99.7 Å². The largest absolute Gasteiger partial charge is 0.493 e. The average Bonchev–Trinajstić information content (AvgIpc) is 2.88. The highest BCUT2D eigenvalue weighted by molar-refractivity contribution is 7.80. The third-order valence-corrected chi connectivity index (χ3v) is 8.16. The predicted molar refractivity (Wildman–Crippen MR) is 144 cm³/mol. The van der Waals surface area contributed by atoms with Crippen LogP contribution in [-0.2, 0) is 19.2 Å². The second kappa shape index (κ2) is 10.9. The number of ether oxygens (including phenoxy) is 2. The molecule has 0 unspecified atom stereocenters. The lowest BCUT2D eigenvalue weighted by atomic mass is 9.73. The predicted octanol–water partition coefficient (Wildman–Crippen LogP) is 2.27. The molecule has 0 saturated carbocycles. The minimum atomic E-state index is -1.45. The van der Waals surface area contributed by atoms with Crippen LogP contribution in [0.3, 0.4) is 0 Å². The first-order valence-corrected chi connectivity index (χ1v) is 12.7. The first-order valence-electron chi connectivity index (χ1n) is 11.5. The number of thiocarbonyl (C=S) groups is 2. The molecule has 0 radical (unpaired) electrons. The van der Waals surface area contributed by atoms with E-state index in [1.165, 1.54) is 47.4 Å². The van der Waals surface area contributed by atoms with Gasteiger partial charge < -0.3 is 9.47 Å². The van der Waals surface area contributed by atoms with E-state index in [1.54, 1.807) is 0 Å². The highest BCUT2D eigenvalue weighted by Crippen LogP contribution is 2.45. The normalized spacial score (nSPS) is 18.9. The molecule has 4 amide bonds. The van der Waals surface area contributed by atoms with Gasteiger partial charge in [-0.2, -0.15) is 0 Å². The van der Waals surface area contributed by atoms with Gasteiger partial charge in [-0.05, 0) is 55.5 Å². The van der Waals surface area contributed by atoms with E-state index in [0.717, 1.165) is 19.6 Å². The van der Waals surface area contributed by atoms with E-state index in [0.29, 0.717) is 6.42 Å². The van der Waals surface area contributed by atoms with E-state index in [4.69, 9.17) is 45.5 Å². The molecule has 10 nitrogen and oxygen atoms in total. The summed E-state index contributed by atoms with van der Waals surface area (Å²) < 4.78 is 11.5. The number of carbonyl (C=O) groups excluding carboxylic acids is 4. The van der Waals surface area contributed by atoms with Gasteiger partial charge in [0.25, 0.3) is 0 Å². The van der Waals surface area contributed by atoms with Crippen LogP contribution >= 0.6 is 36.0 Å². The van der Waals surface area contributed by atoms with Crippen molar-refractivity contribution in [3.05, 3.63) is 22.7 Å². The first-order chi connectivity index (χ1) is 17.3. The van der Waals surface area contributed by atoms with E-state index in [9.17, 15) is 19.2 Å². The van der Waals surface area contributed by atoms with Crippen LogP contribution in [0.5, 0.6) is 11.5 Å². The Morgan fingerprint density at radius 2 is 1.27 bits per heavy atom. The number of nitrogens with zero attached hydrogens (tertiary/aromatic N) is 4. The molecule has 1 aromatic carbocycles. The number of halogens is 1. The van der Waals surface area contributed by atoms with Crippen molar-refractivity contribution in [1.29, 1.82) is 0 Å². The van der Waals surface area contributed by atoms with E-state index < -0.39 is 41.4 Å². The molecule has 0 spiro atoms. The van der Waals surface area contributed by atoms with Crippen molar-refractivity contribution < 1.29 is 28.7 Å². The van der Waals surface area contributed by atoms with Crippen LogP contribution in [0, 0.1) is 11.8 Å². The summed E-state index contributed by atoms with van der Waals surface area (Å²) in [6.07, 6.45) is 0.527. The molecule has 2 aliphatic heterocycles. The number of amides is 4. The van der Waals surface area contributed by atoms with Gasteiger partial charge in [0.2, 0.25) is 23.6 Å². The smallest absolute Gasteiger partial charge is 0.241 e. The number of hydrogen-bond donors (Lipinski definition) is 0. The maximum Gasteiger partial charge on any atom is 0.241 e. The summed E-state index contributed by atoms with van der Waals surface area (Å²) in [4.78, 5) is 58.7. The third-order valence-electron chi connectivity index (χ3n) is 6.78. The molecule has 0 N–H and O–H groups in total. The lowest BCUT2D eigenvalue weighted by molar-refractivity contribution is -0.152. The number of rotatable bonds is 7. The van der Waals surface area contributed by atoms with Gasteiger partial charge in [-0.1, -0.05) is 18.5 Å². The van der Waals surface area contributed by atoms with Crippen LogP contribution < -0.4 is 9.47 Å². The van der Waals surface area contributed by atoms with Crippen molar-refractivity contribution in [1.82, 2.24) is 19.6 Å². The minimum absolute atomic E-state index is 0.00891. The van der Waals surface area contributed by atoms with Crippen LogP contribution in [-0.4, -0.2) is 94.9 Å². The minimum Gasteiger partial charge on any atom is -0.493 e. The Morgan fingerprint density at radius 3 is 1.62 bits per heavy atom. The molecule has 0 aromatic heterocycles. The maximum atomic E-state index is 13.5. The summed E-state index contributed by atoms with van der Waals surface area (Å²) in [7, 11) is 7.17. The second-order valence-corrected chi connectivity index (χ2v) is 10.1. The first kappa shape index (κ1) is 28.7. The second-order valence-electron chi connectivity index (χ2n) is 9.01. The van der Waals surface area contributed by atoms with Gasteiger partial charge in [0, 0.05) is 34.1 Å². The molecular weight excluding hydrogens is 540 g/mol. The zero-order chi connectivity index (χ0) is 27.9. The Labute approximate surface area is 231 Å². The molecule has 2 heterocycles. The summed E-state index contributed by atoms with van der Waals surface area (Å²) in [5, 5.41) is 0.157. The lowest BCUT2D eigenvalue weighted by Gasteiger charge is -2.43. The molecule has 2 aliphatic rings. The van der Waals surface area contributed by atoms with E-state index in [1.807, 2.05) is 13.8 Å². The summed E-state index contributed by atoms with van der Waals surface area (Å²) in [5.74, 6) is -6.22. The Hall–Kier alpha value is -2.83. The molecule has 0 aliphatic carbocycles. The monoisotopic (exact) mass is 568 g/mol. The molecule has 13 heteroatoms. The van der Waals surface area contributed by atoms with Gasteiger partial charge >= 0.3 is 0 Å². The number of carbonyl (C=O) groups is 4. The Morgan fingerprint density at radius 1 is 0.865 bits per heavy atom. The summed E-state index contributed by atoms with van der Waals surface area (Å²) >= 11 is 17.1. The standard InChI is InChI=1S/C24H29ClN4O6S2/c1-8-11(2)35-18-13(25)9-12(10-14(18)34-7)15(16-19(30)26(3)23(36)27(4)20(16)31)17-21(32)28(5)24(37)29(6)22(17)33/h9-11,15-17H,8H2,1-7H3/t11-/m0/s1. The number of hydrogen-bond acceptors (Lipinski definition) is 8. The summed E-state index contributed by atoms with van der Waals surface area (Å²) in [6.45, 7) is 3.82. The van der Waals surface area contributed by atoms with Crippen molar-refractivity contribution in [2.75, 3.05) is 35.3 Å². The van der Waals surface area contributed by atoms with Crippen LogP contribution in [0.4, 0.5) is 0 Å². The number of benzene rings is 1. The fourth-order valence-electron chi connectivity index (χ4n) is 4.40. The molecule has 37 heavy (non-hydrogen) atoms. The molecule has 3 rings (SSSR count). The van der Waals surface area contributed by atoms with Crippen LogP contribution in [0.2, 0.25) is 5.02 Å². The van der Waals surface area contributed by atoms with Crippen molar-refractivity contribution in [2.45, 2.75) is 32.3 Å². The molecular formula is C24H29ClN4O6S2. The quantitative estimate of drug-likeness (QED) is 0.365. The Kier molecular flexibility index (Phi) is 8.45. The van der Waals surface area contributed by atoms with Gasteiger partial charge in [-0.15, -0.1) is 0 Å². The van der Waals surface area contributed by atoms with E-state index in [-0.39, 0.29) is 38.4 Å². The molecule has 1 atom stereocenters. The van der Waals surface area contributed by atoms with Crippen molar-refractivity contribution in [3.8, 4) is 11.5 Å². The van der Waals surface area contributed by atoms with Crippen molar-refractivity contribution >= 4 is 69.9 Å². The van der Waals surface area contributed by atoms with E-state index >= 15 is 0 Å². The molecule has 2 fully saturated rings. The zero-order valence-corrected chi connectivity index (χ0v) is 24.0. The van der Waals surface area contributed by atoms with Gasteiger partial charge in [0.15, 0.2) is 21.7 Å². The van der Waals surface area contributed by atoms with E-state index in [2.05, 4.69) is 0 Å². The molecule has 2 saturated heterocycles. The fraction of sp³-hybridized carbons (Fsp3) is 0.500. The van der Waals surface area contributed by atoms with Crippen molar-refractivity contribution in [2.24, 2.45) is 11.8 Å². The van der Waals surface area contributed by atoms with Gasteiger partial charge in [-0.3, -0.25) is 38.8 Å². The highest BCUT2D eigenvalue weighted by atomic mass is 35.5. The SMILES string of the molecule is CC[C@H](C)Oc1c(Cl)cc(C(C2C(=O)N(C)C(=S)N(C)C2=O)C2C(=O)N(C)C(=S)N(C)C2=O)cc1OC. The third kappa shape index (κ3) is 4.89. The van der Waals surface area contributed by atoms with Crippen molar-refractivity contribution in [3.63, 3.8) is 0 Å². The maximum absolute atomic E-state index is 13.5. The average molecular weight is 569 g/mol. The number of methoxy groups -OCH3 is 1. The fourth-order valence-corrected chi connectivity index (χ4v) is 5.02. The molecule has 0 bridgehead atoms. The zero-order valence-electron chi connectivity index (χ0n) is 21.6. The van der Waals surface area contributed by atoms with Gasteiger partial charge in [0.1, 0.15) is 11.8 Å². The highest BCUT2D eigenvalue weighted by Gasteiger charge is 2.54. The van der Waals surface area contributed by atoms with Crippen LogP contribution in [0.25, 0.3) is 0 Å². The summed E-state index contributed by atoms with van der Waals surface area (Å²) in [5.41, 5.74) is 0.279. The Bertz CT molecular complexity index is 1090. The van der Waals surface area contributed by atoms with Gasteiger partial charge in [0.05, 0.1) is 18.2 Å². The van der Waals surface area contributed by atoms with Crippen LogP contribution in [0.1, 0.15) is 31.7 Å². The van der Waals surface area contributed by atoms with Gasteiger partial charge in [-0.25, -0.2) is 0 Å².